The Morgan fingerprint density at radius 1 is 1.16 bits per heavy atom. The molecule has 212 valence electrons. The molecule has 2 aromatic rings. The summed E-state index contributed by atoms with van der Waals surface area (Å²) in [5.74, 6) is 0.694. The fraction of sp³-hybridized carbons (Fsp3) is 0.500. The van der Waals surface area contributed by atoms with E-state index in [1.165, 1.54) is 11.8 Å². The zero-order chi connectivity index (χ0) is 29.1. The van der Waals surface area contributed by atoms with Crippen molar-refractivity contribution >= 4 is 17.3 Å². The number of amides is 1. The average Bonchev–Trinajstić information content (AvgIpc) is 3.26. The summed E-state index contributed by atoms with van der Waals surface area (Å²) in [6.07, 6.45) is 9.16. The number of nitrogens with zero attached hydrogens (tertiary/aromatic N) is 3. The van der Waals surface area contributed by atoms with Crippen molar-refractivity contribution in [2.45, 2.75) is 81.6 Å². The molecule has 0 saturated heterocycles. The van der Waals surface area contributed by atoms with Gasteiger partial charge in [-0.05, 0) is 43.9 Å². The number of aromatic nitrogens is 3. The maximum Gasteiger partial charge on any atom is 0.278 e. The maximum atomic E-state index is 12.9. The van der Waals surface area contributed by atoms with E-state index in [-0.39, 0.29) is 5.69 Å². The minimum atomic E-state index is -0.421. The molecule has 1 heterocycles. The van der Waals surface area contributed by atoms with Crippen molar-refractivity contribution in [1.29, 1.82) is 0 Å². The van der Waals surface area contributed by atoms with Crippen LogP contribution in [0.25, 0.3) is 5.70 Å². The summed E-state index contributed by atoms with van der Waals surface area (Å²) >= 11 is 0. The molecule has 0 radical (unpaired) electrons. The van der Waals surface area contributed by atoms with Gasteiger partial charge in [-0.25, -0.2) is 4.68 Å². The van der Waals surface area contributed by atoms with E-state index in [4.69, 9.17) is 9.47 Å². The first kappa shape index (κ1) is 34.5. The number of hydrogen-bond donors (Lipinski definition) is 2. The first-order chi connectivity index (χ1) is 18.0. The molecule has 0 aliphatic heterocycles. The number of allylic oxidation sites excluding steroid dienone is 4. The predicted molar refractivity (Wildman–Crippen MR) is 157 cm³/mol. The summed E-state index contributed by atoms with van der Waals surface area (Å²) in [4.78, 5) is 12.9. The zero-order valence-corrected chi connectivity index (χ0v) is 25.0. The number of carbonyl (C=O) groups is 1. The van der Waals surface area contributed by atoms with E-state index < -0.39 is 5.91 Å². The van der Waals surface area contributed by atoms with Gasteiger partial charge in [-0.15, -0.1) is 5.10 Å². The molecule has 0 fully saturated rings. The number of methoxy groups -OCH3 is 1. The fourth-order valence-corrected chi connectivity index (χ4v) is 2.83. The van der Waals surface area contributed by atoms with Crippen LogP contribution in [0.4, 0.5) is 5.69 Å². The van der Waals surface area contributed by atoms with Crippen molar-refractivity contribution in [2.24, 2.45) is 5.41 Å². The van der Waals surface area contributed by atoms with Crippen LogP contribution in [0.2, 0.25) is 0 Å². The second-order valence-corrected chi connectivity index (χ2v) is 9.75. The Kier molecular flexibility index (Phi) is 16.9. The third-order valence-corrected chi connectivity index (χ3v) is 4.48. The smallest absolute Gasteiger partial charge is 0.278 e. The van der Waals surface area contributed by atoms with Gasteiger partial charge in [0.05, 0.1) is 25.1 Å². The van der Waals surface area contributed by atoms with Crippen LogP contribution in [0.1, 0.15) is 90.8 Å². The Balaban J connectivity index is 0.00000175. The SMILES string of the molecule is CC.CC(C)(C)C.C\C=C/C(=C\C(=C\O)n1nnc(C(=O)Nc2ccccc2OCCCCC)c1C)OC. The summed E-state index contributed by atoms with van der Waals surface area (Å²) in [6.45, 7) is 19.0. The minimum absolute atomic E-state index is 0.138. The highest BCUT2D eigenvalue weighted by molar-refractivity contribution is 6.04. The fourth-order valence-electron chi connectivity index (χ4n) is 2.83. The molecule has 8 nitrogen and oxygen atoms in total. The third-order valence-electron chi connectivity index (χ3n) is 4.48. The van der Waals surface area contributed by atoms with E-state index in [0.29, 0.717) is 40.6 Å². The molecule has 1 aromatic carbocycles. The lowest BCUT2D eigenvalue weighted by Crippen LogP contribution is -2.15. The molecule has 2 N–H and O–H groups in total. The van der Waals surface area contributed by atoms with Crippen molar-refractivity contribution in [3.05, 3.63) is 65.9 Å². The maximum absolute atomic E-state index is 12.9. The molecule has 0 aliphatic rings. The first-order valence-corrected chi connectivity index (χ1v) is 13.2. The van der Waals surface area contributed by atoms with E-state index in [9.17, 15) is 9.90 Å². The van der Waals surface area contributed by atoms with Crippen LogP contribution in [-0.4, -0.2) is 39.7 Å². The van der Waals surface area contributed by atoms with E-state index in [1.54, 1.807) is 31.2 Å². The number of aliphatic hydroxyl groups is 1. The molecular formula is C30H48N4O4. The van der Waals surface area contributed by atoms with Crippen molar-refractivity contribution in [3.8, 4) is 5.75 Å². The Morgan fingerprint density at radius 2 is 1.79 bits per heavy atom. The monoisotopic (exact) mass is 528 g/mol. The quantitative estimate of drug-likeness (QED) is 0.174. The largest absolute Gasteiger partial charge is 0.513 e. The second kappa shape index (κ2) is 18.7. The minimum Gasteiger partial charge on any atom is -0.513 e. The van der Waals surface area contributed by atoms with Crippen LogP contribution >= 0.6 is 0 Å². The van der Waals surface area contributed by atoms with Crippen LogP contribution < -0.4 is 10.1 Å². The molecule has 38 heavy (non-hydrogen) atoms. The van der Waals surface area contributed by atoms with Crippen molar-refractivity contribution in [1.82, 2.24) is 15.0 Å². The summed E-state index contributed by atoms with van der Waals surface area (Å²) in [5, 5.41) is 20.5. The van der Waals surface area contributed by atoms with Crippen LogP contribution in [0.5, 0.6) is 5.75 Å². The van der Waals surface area contributed by atoms with Crippen LogP contribution in [0, 0.1) is 12.3 Å². The van der Waals surface area contributed by atoms with Gasteiger partial charge in [0, 0.05) is 6.08 Å². The Morgan fingerprint density at radius 3 is 2.34 bits per heavy atom. The molecule has 0 unspecified atom stereocenters. The van der Waals surface area contributed by atoms with E-state index >= 15 is 0 Å². The molecular weight excluding hydrogens is 480 g/mol. The van der Waals surface area contributed by atoms with Gasteiger partial charge in [-0.1, -0.05) is 84.7 Å². The number of benzene rings is 1. The van der Waals surface area contributed by atoms with Gasteiger partial charge in [0.15, 0.2) is 5.69 Å². The zero-order valence-electron chi connectivity index (χ0n) is 25.0. The van der Waals surface area contributed by atoms with Crippen LogP contribution in [0.15, 0.2) is 54.5 Å². The van der Waals surface area contributed by atoms with E-state index in [2.05, 4.69) is 50.2 Å². The molecule has 2 rings (SSSR count). The van der Waals surface area contributed by atoms with E-state index in [1.807, 2.05) is 39.0 Å². The predicted octanol–water partition coefficient (Wildman–Crippen LogP) is 7.95. The van der Waals surface area contributed by atoms with Gasteiger partial charge >= 0.3 is 0 Å². The summed E-state index contributed by atoms with van der Waals surface area (Å²) in [7, 11) is 1.52. The van der Waals surface area contributed by atoms with Crippen molar-refractivity contribution < 1.29 is 19.4 Å². The van der Waals surface area contributed by atoms with Gasteiger partial charge in [-0.3, -0.25) is 4.79 Å². The molecule has 1 aromatic heterocycles. The molecule has 0 atom stereocenters. The highest BCUT2D eigenvalue weighted by Crippen LogP contribution is 2.25. The lowest BCUT2D eigenvalue weighted by Gasteiger charge is -2.12. The molecule has 0 spiro atoms. The lowest BCUT2D eigenvalue weighted by molar-refractivity contribution is 0.102. The molecule has 0 bridgehead atoms. The summed E-state index contributed by atoms with van der Waals surface area (Å²) in [5.41, 5.74) is 1.97. The van der Waals surface area contributed by atoms with Gasteiger partial charge in [0.1, 0.15) is 23.5 Å². The number of rotatable bonds is 11. The molecule has 0 saturated carbocycles. The highest BCUT2D eigenvalue weighted by Gasteiger charge is 2.19. The standard InChI is InChI=1S/C23H30N4O4.C5H12.C2H6/c1-5-7-10-14-31-21-13-9-8-12-20(21)24-23(29)22-17(3)27(26-25-22)18(16-28)15-19(30-4)11-6-2;1-5(2,3)4;1-2/h6,8-9,11-13,15-16,28H,5,7,10,14H2,1-4H3,(H,24,29);1-4H3;1-2H3/b11-6-,18-16-,19-15+;;. The summed E-state index contributed by atoms with van der Waals surface area (Å²) in [6, 6.07) is 7.27. The topological polar surface area (TPSA) is 98.5 Å². The summed E-state index contributed by atoms with van der Waals surface area (Å²) < 4.78 is 12.4. The number of anilines is 1. The van der Waals surface area contributed by atoms with Crippen LogP contribution in [0.3, 0.4) is 0 Å². The number of ether oxygens (including phenoxy) is 2. The Hall–Kier alpha value is -3.55. The molecule has 0 aliphatic carbocycles. The van der Waals surface area contributed by atoms with Crippen molar-refractivity contribution in [3.63, 3.8) is 0 Å². The second-order valence-electron chi connectivity index (χ2n) is 9.75. The van der Waals surface area contributed by atoms with Gasteiger partial charge in [0.2, 0.25) is 0 Å². The molecule has 8 heteroatoms. The van der Waals surface area contributed by atoms with E-state index in [0.717, 1.165) is 25.5 Å². The van der Waals surface area contributed by atoms with Crippen LogP contribution in [-0.2, 0) is 4.74 Å². The number of unbranched alkanes of at least 4 members (excludes halogenated alkanes) is 2. The number of hydrogen-bond acceptors (Lipinski definition) is 6. The highest BCUT2D eigenvalue weighted by atomic mass is 16.5. The molecule has 1 amide bonds. The van der Waals surface area contributed by atoms with Gasteiger partial charge in [-0.2, -0.15) is 0 Å². The number of nitrogens with one attached hydrogen (secondary N) is 1. The lowest BCUT2D eigenvalue weighted by atomic mass is 10.0. The number of carbonyl (C=O) groups excluding carboxylic acids is 1. The Bertz CT molecular complexity index is 1040. The first-order valence-electron chi connectivity index (χ1n) is 13.2. The van der Waals surface area contributed by atoms with Crippen molar-refractivity contribution in [2.75, 3.05) is 19.0 Å². The normalized spacial score (nSPS) is 11.7. The van der Waals surface area contributed by atoms with Gasteiger partial charge in [0.25, 0.3) is 5.91 Å². The number of para-hydroxylation sites is 2. The average molecular weight is 529 g/mol. The Labute approximate surface area is 229 Å². The third kappa shape index (κ3) is 13.1. The number of aliphatic hydroxyl groups excluding tert-OH is 1. The van der Waals surface area contributed by atoms with Gasteiger partial charge < -0.3 is 19.9 Å².